The van der Waals surface area contributed by atoms with Crippen molar-refractivity contribution in [3.05, 3.63) is 54.1 Å². The third kappa shape index (κ3) is 2.50. The molecule has 0 aliphatic carbocycles. The lowest BCUT2D eigenvalue weighted by Gasteiger charge is -2.02. The van der Waals surface area contributed by atoms with Gasteiger partial charge in [-0.05, 0) is 35.4 Å². The molecule has 0 unspecified atom stereocenters. The molecule has 0 bridgehead atoms. The van der Waals surface area contributed by atoms with E-state index < -0.39 is 0 Å². The minimum absolute atomic E-state index is 0.400. The van der Waals surface area contributed by atoms with E-state index in [1.165, 1.54) is 0 Å². The maximum atomic E-state index is 10.1. The summed E-state index contributed by atoms with van der Waals surface area (Å²) in [5, 5.41) is 8.69. The van der Waals surface area contributed by atoms with Crippen LogP contribution in [-0.2, 0) is 4.79 Å². The lowest BCUT2D eigenvalue weighted by molar-refractivity contribution is -0.120. The highest BCUT2D eigenvalue weighted by Gasteiger charge is 1.99. The summed E-state index contributed by atoms with van der Waals surface area (Å²) < 4.78 is 4.71. The summed E-state index contributed by atoms with van der Waals surface area (Å²) in [5.74, 6) is 0.511. The number of hydrogen-bond acceptors (Lipinski definition) is 3. The molecule has 82 valence electrons. The number of nitrogens with zero attached hydrogens (tertiary/aromatic N) is 1. The zero-order valence-electron chi connectivity index (χ0n) is 8.96. The van der Waals surface area contributed by atoms with Crippen LogP contribution in [0.4, 0.5) is 0 Å². The molecule has 3 nitrogen and oxygen atoms in total. The molecule has 2 aromatic carbocycles. The first-order valence-corrected chi connectivity index (χ1v) is 5.04. The van der Waals surface area contributed by atoms with Crippen LogP contribution in [0.15, 0.2) is 48.5 Å². The van der Waals surface area contributed by atoms with Gasteiger partial charge in [-0.25, -0.2) is 0 Å². The fourth-order valence-electron chi connectivity index (χ4n) is 1.52. The zero-order chi connectivity index (χ0) is 12.1. The van der Waals surface area contributed by atoms with Crippen molar-refractivity contribution in [2.24, 2.45) is 0 Å². The third-order valence-electron chi connectivity index (χ3n) is 2.39. The van der Waals surface area contributed by atoms with Gasteiger partial charge in [0.1, 0.15) is 5.75 Å². The first kappa shape index (κ1) is 10.9. The van der Waals surface area contributed by atoms with Gasteiger partial charge in [0.2, 0.25) is 0 Å². The van der Waals surface area contributed by atoms with Crippen molar-refractivity contribution in [2.45, 2.75) is 0 Å². The van der Waals surface area contributed by atoms with Gasteiger partial charge in [0.25, 0.3) is 6.47 Å². The molecule has 3 heteroatoms. The number of carbonyl (C=O) groups is 1. The Morgan fingerprint density at radius 1 is 0.941 bits per heavy atom. The van der Waals surface area contributed by atoms with E-state index >= 15 is 0 Å². The summed E-state index contributed by atoms with van der Waals surface area (Å²) in [6.07, 6.45) is 0. The van der Waals surface area contributed by atoms with Crippen molar-refractivity contribution in [1.29, 1.82) is 5.26 Å². The minimum atomic E-state index is 0.400. The summed E-state index contributed by atoms with van der Waals surface area (Å²) in [5.41, 5.74) is 2.66. The Morgan fingerprint density at radius 3 is 1.94 bits per heavy atom. The molecule has 0 fully saturated rings. The minimum Gasteiger partial charge on any atom is -0.429 e. The lowest BCUT2D eigenvalue weighted by Crippen LogP contribution is -1.87. The van der Waals surface area contributed by atoms with Gasteiger partial charge in [-0.3, -0.25) is 4.79 Å². The molecule has 0 aromatic heterocycles. The molecule has 0 saturated heterocycles. The molecular weight excluding hydrogens is 214 g/mol. The molecule has 2 aromatic rings. The van der Waals surface area contributed by atoms with Crippen molar-refractivity contribution in [2.75, 3.05) is 0 Å². The topological polar surface area (TPSA) is 50.1 Å². The number of carbonyl (C=O) groups excluding carboxylic acids is 1. The van der Waals surface area contributed by atoms with E-state index in [1.54, 1.807) is 24.3 Å². The van der Waals surface area contributed by atoms with Gasteiger partial charge in [-0.2, -0.15) is 5.26 Å². The van der Waals surface area contributed by atoms with E-state index in [-0.39, 0.29) is 0 Å². The van der Waals surface area contributed by atoms with Crippen molar-refractivity contribution in [3.8, 4) is 22.9 Å². The van der Waals surface area contributed by atoms with Crippen molar-refractivity contribution in [3.63, 3.8) is 0 Å². The second-order valence-corrected chi connectivity index (χ2v) is 3.43. The van der Waals surface area contributed by atoms with Crippen LogP contribution in [0, 0.1) is 11.3 Å². The fourth-order valence-corrected chi connectivity index (χ4v) is 1.52. The molecule has 0 aliphatic rings. The van der Waals surface area contributed by atoms with Crippen LogP contribution < -0.4 is 4.74 Å². The normalized spacial score (nSPS) is 9.35. The third-order valence-corrected chi connectivity index (χ3v) is 2.39. The second kappa shape index (κ2) is 4.95. The Balaban J connectivity index is 2.27. The number of hydrogen-bond donors (Lipinski definition) is 0. The average molecular weight is 223 g/mol. The van der Waals surface area contributed by atoms with Crippen molar-refractivity contribution < 1.29 is 9.53 Å². The van der Waals surface area contributed by atoms with Crippen LogP contribution in [0.3, 0.4) is 0 Å². The van der Waals surface area contributed by atoms with E-state index in [0.717, 1.165) is 11.1 Å². The van der Waals surface area contributed by atoms with Gasteiger partial charge >= 0.3 is 0 Å². The standard InChI is InChI=1S/C14H9NO2/c15-9-11-1-3-12(4-2-11)13-5-7-14(8-6-13)17-10-16/h1-8,10H. The van der Waals surface area contributed by atoms with Gasteiger partial charge < -0.3 is 4.74 Å². The smallest absolute Gasteiger partial charge is 0.298 e. The van der Waals surface area contributed by atoms with Gasteiger partial charge in [0.15, 0.2) is 0 Å². The maximum Gasteiger partial charge on any atom is 0.298 e. The molecule has 2 rings (SSSR count). The first-order valence-electron chi connectivity index (χ1n) is 5.04. The van der Waals surface area contributed by atoms with E-state index in [0.29, 0.717) is 17.8 Å². The lowest BCUT2D eigenvalue weighted by atomic mass is 10.0. The summed E-state index contributed by atoms with van der Waals surface area (Å²) >= 11 is 0. The van der Waals surface area contributed by atoms with Gasteiger partial charge in [0, 0.05) is 0 Å². The molecule has 0 radical (unpaired) electrons. The number of benzene rings is 2. The Bertz CT molecular complexity index is 550. The average Bonchev–Trinajstić information content (AvgIpc) is 2.40. The summed E-state index contributed by atoms with van der Waals surface area (Å²) in [4.78, 5) is 10.1. The van der Waals surface area contributed by atoms with Crippen molar-refractivity contribution >= 4 is 6.47 Å². The molecule has 0 amide bonds. The molecule has 17 heavy (non-hydrogen) atoms. The second-order valence-electron chi connectivity index (χ2n) is 3.43. The first-order chi connectivity index (χ1) is 8.33. The molecule has 0 N–H and O–H groups in total. The van der Waals surface area contributed by atoms with Crippen molar-refractivity contribution in [1.82, 2.24) is 0 Å². The molecule has 0 saturated carbocycles. The van der Waals surface area contributed by atoms with E-state index in [9.17, 15) is 4.79 Å². The van der Waals surface area contributed by atoms with Gasteiger partial charge in [0.05, 0.1) is 11.6 Å². The molecule has 0 aliphatic heterocycles. The quantitative estimate of drug-likeness (QED) is 0.752. The Morgan fingerprint density at radius 2 is 1.47 bits per heavy atom. The van der Waals surface area contributed by atoms with E-state index in [4.69, 9.17) is 10.00 Å². The summed E-state index contributed by atoms with van der Waals surface area (Å²) in [7, 11) is 0. The molecular formula is C14H9NO2. The van der Waals surface area contributed by atoms with Gasteiger partial charge in [-0.15, -0.1) is 0 Å². The summed E-state index contributed by atoms with van der Waals surface area (Å²) in [6, 6.07) is 16.5. The highest BCUT2D eigenvalue weighted by atomic mass is 16.5. The monoisotopic (exact) mass is 223 g/mol. The maximum absolute atomic E-state index is 10.1. The number of ether oxygens (including phenoxy) is 1. The van der Waals surface area contributed by atoms with Gasteiger partial charge in [-0.1, -0.05) is 24.3 Å². The highest BCUT2D eigenvalue weighted by Crippen LogP contribution is 2.22. The predicted octanol–water partition coefficient (Wildman–Crippen LogP) is 2.76. The Labute approximate surface area is 98.9 Å². The van der Waals surface area contributed by atoms with Crippen LogP contribution in [-0.4, -0.2) is 6.47 Å². The molecule has 0 atom stereocenters. The molecule has 0 spiro atoms. The van der Waals surface area contributed by atoms with Crippen LogP contribution in [0.2, 0.25) is 0 Å². The summed E-state index contributed by atoms with van der Waals surface area (Å²) in [6.45, 7) is 0.400. The zero-order valence-corrected chi connectivity index (χ0v) is 8.96. The predicted molar refractivity (Wildman–Crippen MR) is 63.3 cm³/mol. The van der Waals surface area contributed by atoms with Crippen LogP contribution in [0.25, 0.3) is 11.1 Å². The van der Waals surface area contributed by atoms with Crippen LogP contribution in [0.5, 0.6) is 5.75 Å². The largest absolute Gasteiger partial charge is 0.429 e. The molecule has 0 heterocycles. The fraction of sp³-hybridized carbons (Fsp3) is 0. The van der Waals surface area contributed by atoms with E-state index in [2.05, 4.69) is 6.07 Å². The van der Waals surface area contributed by atoms with E-state index in [1.807, 2.05) is 24.3 Å². The number of rotatable bonds is 3. The van der Waals surface area contributed by atoms with Crippen LogP contribution in [0.1, 0.15) is 5.56 Å². The van der Waals surface area contributed by atoms with Crippen LogP contribution >= 0.6 is 0 Å². The Hall–Kier alpha value is -2.60. The number of nitriles is 1. The SMILES string of the molecule is N#Cc1ccc(-c2ccc(OC=O)cc2)cc1. The highest BCUT2D eigenvalue weighted by molar-refractivity contribution is 5.65. The Kier molecular flexibility index (Phi) is 3.18.